The van der Waals surface area contributed by atoms with Crippen LogP contribution in [0.1, 0.15) is 26.7 Å². The molecule has 78 valence electrons. The van der Waals surface area contributed by atoms with E-state index in [0.717, 1.165) is 32.5 Å². The summed E-state index contributed by atoms with van der Waals surface area (Å²) in [5, 5.41) is 3.16. The van der Waals surface area contributed by atoms with Crippen molar-refractivity contribution in [1.29, 1.82) is 0 Å². The monoisotopic (exact) mass is 194 g/mol. The zero-order chi connectivity index (χ0) is 10.1. The van der Waals surface area contributed by atoms with Crippen molar-refractivity contribution in [2.75, 3.05) is 19.6 Å². The minimum Gasteiger partial charge on any atom is -0.337 e. The number of carbonyl (C=O) groups excluding carboxylic acids is 1. The summed E-state index contributed by atoms with van der Waals surface area (Å²) in [6.45, 7) is 7.03. The van der Waals surface area contributed by atoms with Gasteiger partial charge in [0.25, 0.3) is 0 Å². The van der Waals surface area contributed by atoms with E-state index in [9.17, 15) is 4.79 Å². The van der Waals surface area contributed by atoms with Crippen molar-refractivity contribution < 1.29 is 4.79 Å². The Morgan fingerprint density at radius 3 is 2.64 bits per heavy atom. The second-order valence-corrected chi connectivity index (χ2v) is 4.37. The van der Waals surface area contributed by atoms with Gasteiger partial charge in [-0.3, -0.25) is 4.79 Å². The van der Waals surface area contributed by atoms with Crippen molar-refractivity contribution in [2.24, 2.45) is 0 Å². The van der Waals surface area contributed by atoms with Crippen LogP contribution in [0.25, 0.3) is 0 Å². The lowest BCUT2D eigenvalue weighted by atomic mass is 10.00. The third-order valence-electron chi connectivity index (χ3n) is 3.35. The van der Waals surface area contributed by atoms with Crippen LogP contribution in [-0.4, -0.2) is 36.5 Å². The second kappa shape index (κ2) is 3.73. The first-order valence-corrected chi connectivity index (χ1v) is 5.36. The molecule has 1 fully saturated rings. The molecule has 0 aromatic carbocycles. The molecular formula is C11H18N2O. The van der Waals surface area contributed by atoms with Crippen molar-refractivity contribution >= 4 is 5.91 Å². The third-order valence-corrected chi connectivity index (χ3v) is 3.35. The van der Waals surface area contributed by atoms with E-state index in [2.05, 4.69) is 19.2 Å². The van der Waals surface area contributed by atoms with Gasteiger partial charge in [-0.15, -0.1) is 0 Å². The predicted octanol–water partition coefficient (Wildman–Crippen LogP) is 0.917. The molecular weight excluding hydrogens is 176 g/mol. The normalized spacial score (nSPS) is 27.6. The fraction of sp³-hybridized carbons (Fsp3) is 0.727. The fourth-order valence-corrected chi connectivity index (χ4v) is 1.92. The maximum absolute atomic E-state index is 11.9. The van der Waals surface area contributed by atoms with Crippen molar-refractivity contribution in [3.8, 4) is 0 Å². The predicted molar refractivity (Wildman–Crippen MR) is 56.0 cm³/mol. The van der Waals surface area contributed by atoms with Gasteiger partial charge in [-0.2, -0.15) is 0 Å². The number of amides is 1. The van der Waals surface area contributed by atoms with Gasteiger partial charge in [0.1, 0.15) is 0 Å². The van der Waals surface area contributed by atoms with Crippen molar-refractivity contribution in [3.05, 3.63) is 11.1 Å². The first kappa shape index (κ1) is 9.71. The van der Waals surface area contributed by atoms with Gasteiger partial charge in [-0.25, -0.2) is 0 Å². The third kappa shape index (κ3) is 1.69. The zero-order valence-corrected chi connectivity index (χ0v) is 8.97. The van der Waals surface area contributed by atoms with E-state index in [1.807, 2.05) is 4.90 Å². The van der Waals surface area contributed by atoms with E-state index in [4.69, 9.17) is 0 Å². The Balaban J connectivity index is 1.97. The number of hydrogen-bond acceptors (Lipinski definition) is 2. The summed E-state index contributed by atoms with van der Waals surface area (Å²) in [7, 11) is 0. The standard InChI is InChI=1S/C11H18N2O/c1-8-4-6-13(7-9(8)2)11(14)10-3-5-12-10/h10,12H,3-7H2,1-2H3. The molecule has 1 saturated heterocycles. The maximum atomic E-state index is 11.9. The largest absolute Gasteiger partial charge is 0.337 e. The minimum atomic E-state index is 0.112. The van der Waals surface area contributed by atoms with Crippen LogP contribution in [-0.2, 0) is 4.79 Å². The summed E-state index contributed by atoms with van der Waals surface area (Å²) >= 11 is 0. The smallest absolute Gasteiger partial charge is 0.240 e. The van der Waals surface area contributed by atoms with Crippen LogP contribution < -0.4 is 5.32 Å². The highest BCUT2D eigenvalue weighted by Gasteiger charge is 2.30. The Bertz CT molecular complexity index is 279. The fourth-order valence-electron chi connectivity index (χ4n) is 1.92. The van der Waals surface area contributed by atoms with Crippen molar-refractivity contribution in [3.63, 3.8) is 0 Å². The number of rotatable bonds is 1. The van der Waals surface area contributed by atoms with Gasteiger partial charge in [0.2, 0.25) is 5.91 Å². The quantitative estimate of drug-likeness (QED) is 0.629. The minimum absolute atomic E-state index is 0.112. The first-order chi connectivity index (χ1) is 6.68. The molecule has 0 aliphatic carbocycles. The summed E-state index contributed by atoms with van der Waals surface area (Å²) in [6.07, 6.45) is 2.06. The van der Waals surface area contributed by atoms with Crippen LogP contribution in [0, 0.1) is 0 Å². The summed E-state index contributed by atoms with van der Waals surface area (Å²) in [5.74, 6) is 0.295. The summed E-state index contributed by atoms with van der Waals surface area (Å²) in [6, 6.07) is 0.112. The average molecular weight is 194 g/mol. The molecule has 3 heteroatoms. The number of nitrogens with one attached hydrogen (secondary N) is 1. The molecule has 0 radical (unpaired) electrons. The molecule has 1 unspecified atom stereocenters. The molecule has 0 saturated carbocycles. The summed E-state index contributed by atoms with van der Waals surface area (Å²) in [4.78, 5) is 13.9. The second-order valence-electron chi connectivity index (χ2n) is 4.37. The van der Waals surface area contributed by atoms with Gasteiger partial charge in [0, 0.05) is 13.1 Å². The zero-order valence-electron chi connectivity index (χ0n) is 8.97. The molecule has 0 aromatic heterocycles. The molecule has 1 amide bonds. The van der Waals surface area contributed by atoms with E-state index < -0.39 is 0 Å². The molecule has 0 spiro atoms. The van der Waals surface area contributed by atoms with Crippen LogP contribution in [0.4, 0.5) is 0 Å². The Morgan fingerprint density at radius 1 is 1.43 bits per heavy atom. The van der Waals surface area contributed by atoms with Gasteiger partial charge in [0.05, 0.1) is 6.04 Å². The lowest BCUT2D eigenvalue weighted by Crippen LogP contribution is -2.55. The SMILES string of the molecule is CC1=C(C)CN(C(=O)C2CCN2)CC1. The average Bonchev–Trinajstić information content (AvgIpc) is 2.06. The van der Waals surface area contributed by atoms with Gasteiger partial charge in [-0.05, 0) is 33.2 Å². The van der Waals surface area contributed by atoms with E-state index in [0.29, 0.717) is 5.91 Å². The molecule has 3 nitrogen and oxygen atoms in total. The molecule has 0 aromatic rings. The van der Waals surface area contributed by atoms with Crippen molar-refractivity contribution in [1.82, 2.24) is 10.2 Å². The van der Waals surface area contributed by atoms with E-state index in [1.54, 1.807) is 0 Å². The Labute approximate surface area is 85.2 Å². The van der Waals surface area contributed by atoms with Gasteiger partial charge in [0.15, 0.2) is 0 Å². The van der Waals surface area contributed by atoms with Crippen molar-refractivity contribution in [2.45, 2.75) is 32.7 Å². The van der Waals surface area contributed by atoms with Crippen LogP contribution >= 0.6 is 0 Å². The van der Waals surface area contributed by atoms with E-state index in [-0.39, 0.29) is 6.04 Å². The molecule has 2 aliphatic heterocycles. The van der Waals surface area contributed by atoms with Crippen LogP contribution in [0.5, 0.6) is 0 Å². The van der Waals surface area contributed by atoms with Gasteiger partial charge >= 0.3 is 0 Å². The molecule has 2 heterocycles. The Kier molecular flexibility index (Phi) is 2.59. The number of nitrogens with zero attached hydrogens (tertiary/aromatic N) is 1. The van der Waals surface area contributed by atoms with E-state index in [1.165, 1.54) is 11.1 Å². The molecule has 2 rings (SSSR count). The molecule has 2 aliphatic rings. The first-order valence-electron chi connectivity index (χ1n) is 5.36. The molecule has 1 atom stereocenters. The molecule has 1 N–H and O–H groups in total. The summed E-state index contributed by atoms with van der Waals surface area (Å²) < 4.78 is 0. The maximum Gasteiger partial charge on any atom is 0.240 e. The van der Waals surface area contributed by atoms with Crippen LogP contribution in [0.2, 0.25) is 0 Å². The van der Waals surface area contributed by atoms with Crippen LogP contribution in [0.15, 0.2) is 11.1 Å². The molecule has 0 bridgehead atoms. The Morgan fingerprint density at radius 2 is 2.14 bits per heavy atom. The van der Waals surface area contributed by atoms with Gasteiger partial charge < -0.3 is 10.2 Å². The van der Waals surface area contributed by atoms with Crippen LogP contribution in [0.3, 0.4) is 0 Å². The highest BCUT2D eigenvalue weighted by atomic mass is 16.2. The van der Waals surface area contributed by atoms with E-state index >= 15 is 0 Å². The summed E-state index contributed by atoms with van der Waals surface area (Å²) in [5.41, 5.74) is 2.82. The molecule has 14 heavy (non-hydrogen) atoms. The Hall–Kier alpha value is -0.830. The topological polar surface area (TPSA) is 32.3 Å². The highest BCUT2D eigenvalue weighted by molar-refractivity contribution is 5.83. The highest BCUT2D eigenvalue weighted by Crippen LogP contribution is 2.18. The lowest BCUT2D eigenvalue weighted by Gasteiger charge is -2.35. The lowest BCUT2D eigenvalue weighted by molar-refractivity contribution is -0.135. The number of carbonyl (C=O) groups is 1. The van der Waals surface area contributed by atoms with Gasteiger partial charge in [-0.1, -0.05) is 11.1 Å². The number of hydrogen-bond donors (Lipinski definition) is 1.